The lowest BCUT2D eigenvalue weighted by Crippen LogP contribution is -2.15. The maximum Gasteiger partial charge on any atom is 0.339 e. The number of nitrogens with one attached hydrogen (secondary N) is 1. The molecule has 2 aliphatic carbocycles. The molecular weight excluding hydrogens is 322 g/mol. The van der Waals surface area contributed by atoms with Gasteiger partial charge in [0.2, 0.25) is 0 Å². The molecule has 0 aliphatic heterocycles. The quantitative estimate of drug-likeness (QED) is 0.854. The van der Waals surface area contributed by atoms with E-state index in [0.717, 1.165) is 17.9 Å². The lowest BCUT2D eigenvalue weighted by Gasteiger charge is -2.21. The molecule has 4 nitrogen and oxygen atoms in total. The van der Waals surface area contributed by atoms with Gasteiger partial charge in [-0.05, 0) is 60.1 Å². The second-order valence-corrected chi connectivity index (χ2v) is 7.68. The van der Waals surface area contributed by atoms with Gasteiger partial charge in [-0.2, -0.15) is 0 Å². The minimum Gasteiger partial charge on any atom is -0.478 e. The SMILES string of the molecule is O=C(Nc1scc(C2CC3CCC2C3)c1C(=O)O)c1ccccc1. The summed E-state index contributed by atoms with van der Waals surface area (Å²) < 4.78 is 0. The van der Waals surface area contributed by atoms with Gasteiger partial charge in [0.25, 0.3) is 5.91 Å². The first-order chi connectivity index (χ1) is 11.6. The highest BCUT2D eigenvalue weighted by molar-refractivity contribution is 7.15. The molecule has 2 N–H and O–H groups in total. The van der Waals surface area contributed by atoms with Gasteiger partial charge in [-0.15, -0.1) is 11.3 Å². The third kappa shape index (κ3) is 2.63. The van der Waals surface area contributed by atoms with Gasteiger partial charge in [0.15, 0.2) is 0 Å². The van der Waals surface area contributed by atoms with Crippen LogP contribution in [0.2, 0.25) is 0 Å². The van der Waals surface area contributed by atoms with E-state index in [1.54, 1.807) is 24.3 Å². The molecule has 2 aliphatic rings. The van der Waals surface area contributed by atoms with Crippen LogP contribution in [0.1, 0.15) is 57.9 Å². The molecule has 2 aromatic rings. The van der Waals surface area contributed by atoms with Crippen LogP contribution >= 0.6 is 11.3 Å². The van der Waals surface area contributed by atoms with Crippen molar-refractivity contribution in [2.45, 2.75) is 31.6 Å². The van der Waals surface area contributed by atoms with Crippen molar-refractivity contribution in [1.82, 2.24) is 0 Å². The lowest BCUT2D eigenvalue weighted by atomic mass is 9.83. The second kappa shape index (κ2) is 6.06. The average molecular weight is 341 g/mol. The third-order valence-electron chi connectivity index (χ3n) is 5.43. The van der Waals surface area contributed by atoms with E-state index in [1.807, 2.05) is 11.4 Å². The molecule has 1 aromatic carbocycles. The molecule has 1 amide bonds. The van der Waals surface area contributed by atoms with Crippen LogP contribution < -0.4 is 5.32 Å². The number of aromatic carboxylic acids is 1. The largest absolute Gasteiger partial charge is 0.478 e. The summed E-state index contributed by atoms with van der Waals surface area (Å²) in [7, 11) is 0. The number of anilines is 1. The Balaban J connectivity index is 1.62. The molecule has 0 saturated heterocycles. The van der Waals surface area contributed by atoms with Crippen LogP contribution in [0.25, 0.3) is 0 Å². The molecule has 2 bridgehead atoms. The number of hydrogen-bond donors (Lipinski definition) is 2. The fourth-order valence-electron chi connectivity index (χ4n) is 4.35. The molecule has 0 radical (unpaired) electrons. The number of carboxylic acid groups (broad SMARTS) is 1. The standard InChI is InChI=1S/C19H19NO3S/c21-17(12-4-2-1-3-5-12)20-18-16(19(22)23)15(10-24-18)14-9-11-6-7-13(14)8-11/h1-5,10-11,13-14H,6-9H2,(H,20,21)(H,22,23). The summed E-state index contributed by atoms with van der Waals surface area (Å²) >= 11 is 1.33. The van der Waals surface area contributed by atoms with E-state index >= 15 is 0 Å². The van der Waals surface area contributed by atoms with Crippen molar-refractivity contribution in [3.05, 3.63) is 52.4 Å². The summed E-state index contributed by atoms with van der Waals surface area (Å²) in [6, 6.07) is 8.88. The van der Waals surface area contributed by atoms with Gasteiger partial charge in [0.1, 0.15) is 5.00 Å². The van der Waals surface area contributed by atoms with Crippen molar-refractivity contribution in [2.24, 2.45) is 11.8 Å². The Morgan fingerprint density at radius 2 is 1.92 bits per heavy atom. The van der Waals surface area contributed by atoms with Crippen LogP contribution in [0, 0.1) is 11.8 Å². The monoisotopic (exact) mass is 341 g/mol. The van der Waals surface area contributed by atoms with Crippen molar-refractivity contribution < 1.29 is 14.7 Å². The van der Waals surface area contributed by atoms with E-state index in [0.29, 0.717) is 28.0 Å². The molecular formula is C19H19NO3S. The molecule has 1 aromatic heterocycles. The number of hydrogen-bond acceptors (Lipinski definition) is 3. The maximum absolute atomic E-state index is 12.3. The van der Waals surface area contributed by atoms with E-state index in [2.05, 4.69) is 5.32 Å². The van der Waals surface area contributed by atoms with Crippen LogP contribution in [-0.4, -0.2) is 17.0 Å². The molecule has 5 heteroatoms. The summed E-state index contributed by atoms with van der Waals surface area (Å²) in [4.78, 5) is 24.2. The minimum atomic E-state index is -0.947. The highest BCUT2D eigenvalue weighted by Gasteiger charge is 2.42. The number of benzene rings is 1. The van der Waals surface area contributed by atoms with Crippen molar-refractivity contribution in [2.75, 3.05) is 5.32 Å². The Morgan fingerprint density at radius 1 is 1.12 bits per heavy atom. The number of rotatable bonds is 4. The van der Waals surface area contributed by atoms with Gasteiger partial charge >= 0.3 is 5.97 Å². The fraction of sp³-hybridized carbons (Fsp3) is 0.368. The number of amides is 1. The van der Waals surface area contributed by atoms with E-state index in [9.17, 15) is 14.7 Å². The molecule has 0 spiro atoms. The summed E-state index contributed by atoms with van der Waals surface area (Å²) in [6.07, 6.45) is 4.81. The Hall–Kier alpha value is -2.14. The zero-order valence-corrected chi connectivity index (χ0v) is 14.0. The molecule has 24 heavy (non-hydrogen) atoms. The van der Waals surface area contributed by atoms with Crippen LogP contribution in [0.4, 0.5) is 5.00 Å². The van der Waals surface area contributed by atoms with Crippen LogP contribution in [0.15, 0.2) is 35.7 Å². The number of carboxylic acids is 1. The van der Waals surface area contributed by atoms with E-state index < -0.39 is 5.97 Å². The molecule has 4 rings (SSSR count). The number of thiophene rings is 1. The first kappa shape index (κ1) is 15.4. The normalized spacial score (nSPS) is 24.9. The van der Waals surface area contributed by atoms with Crippen LogP contribution in [0.3, 0.4) is 0 Å². The topological polar surface area (TPSA) is 66.4 Å². The van der Waals surface area contributed by atoms with Gasteiger partial charge in [-0.1, -0.05) is 24.6 Å². The molecule has 2 saturated carbocycles. The maximum atomic E-state index is 12.3. The van der Waals surface area contributed by atoms with E-state index in [1.165, 1.54) is 30.6 Å². The zero-order valence-electron chi connectivity index (χ0n) is 13.2. The van der Waals surface area contributed by atoms with Gasteiger partial charge in [0, 0.05) is 5.56 Å². The smallest absolute Gasteiger partial charge is 0.339 e. The highest BCUT2D eigenvalue weighted by atomic mass is 32.1. The Labute approximate surface area is 144 Å². The zero-order chi connectivity index (χ0) is 16.7. The van der Waals surface area contributed by atoms with Crippen LogP contribution in [0.5, 0.6) is 0 Å². The van der Waals surface area contributed by atoms with Gasteiger partial charge in [-0.3, -0.25) is 4.79 Å². The van der Waals surface area contributed by atoms with Gasteiger partial charge in [0.05, 0.1) is 5.56 Å². The van der Waals surface area contributed by atoms with Crippen molar-refractivity contribution in [3.8, 4) is 0 Å². The summed E-state index contributed by atoms with van der Waals surface area (Å²) in [5.74, 6) is 0.495. The summed E-state index contributed by atoms with van der Waals surface area (Å²) in [6.45, 7) is 0. The summed E-state index contributed by atoms with van der Waals surface area (Å²) in [5, 5.41) is 14.9. The molecule has 3 atom stereocenters. The number of fused-ring (bicyclic) bond motifs is 2. The Kier molecular flexibility index (Phi) is 3.88. The van der Waals surface area contributed by atoms with Crippen LogP contribution in [-0.2, 0) is 0 Å². The summed E-state index contributed by atoms with van der Waals surface area (Å²) in [5.41, 5.74) is 1.74. The first-order valence-electron chi connectivity index (χ1n) is 8.34. The minimum absolute atomic E-state index is 0.264. The lowest BCUT2D eigenvalue weighted by molar-refractivity contribution is 0.0696. The Morgan fingerprint density at radius 3 is 2.54 bits per heavy atom. The van der Waals surface area contributed by atoms with Crippen molar-refractivity contribution in [3.63, 3.8) is 0 Å². The molecule has 3 unspecified atom stereocenters. The molecule has 124 valence electrons. The van der Waals surface area contributed by atoms with E-state index in [4.69, 9.17) is 0 Å². The molecule has 1 heterocycles. The van der Waals surface area contributed by atoms with Gasteiger partial charge in [-0.25, -0.2) is 4.79 Å². The second-order valence-electron chi connectivity index (χ2n) is 6.80. The number of carbonyl (C=O) groups is 2. The average Bonchev–Trinajstić information content (AvgIpc) is 3.30. The van der Waals surface area contributed by atoms with Crippen molar-refractivity contribution in [1.29, 1.82) is 0 Å². The molecule has 2 fully saturated rings. The van der Waals surface area contributed by atoms with Gasteiger partial charge < -0.3 is 10.4 Å². The highest BCUT2D eigenvalue weighted by Crippen LogP contribution is 2.54. The third-order valence-corrected chi connectivity index (χ3v) is 6.35. The predicted octanol–water partition coefficient (Wildman–Crippen LogP) is 4.60. The first-order valence-corrected chi connectivity index (χ1v) is 9.22. The number of carbonyl (C=O) groups excluding carboxylic acids is 1. The predicted molar refractivity (Wildman–Crippen MR) is 93.9 cm³/mol. The van der Waals surface area contributed by atoms with E-state index in [-0.39, 0.29) is 5.91 Å². The fourth-order valence-corrected chi connectivity index (χ4v) is 5.36. The Bertz CT molecular complexity index is 783. The van der Waals surface area contributed by atoms with Crippen molar-refractivity contribution >= 4 is 28.2 Å².